The van der Waals surface area contributed by atoms with E-state index in [1.165, 1.54) is 42.8 Å². The van der Waals surface area contributed by atoms with E-state index >= 15 is 0 Å². The number of pyridine rings is 1. The summed E-state index contributed by atoms with van der Waals surface area (Å²) >= 11 is 0. The van der Waals surface area contributed by atoms with E-state index in [2.05, 4.69) is 38.9 Å². The summed E-state index contributed by atoms with van der Waals surface area (Å²) < 4.78 is 15.9. The lowest BCUT2D eigenvalue weighted by atomic mass is 9.85. The molecule has 3 heterocycles. The molecule has 0 N–H and O–H groups in total. The first kappa shape index (κ1) is 15.3. The van der Waals surface area contributed by atoms with Gasteiger partial charge in [-0.05, 0) is 61.4 Å². The van der Waals surface area contributed by atoms with Crippen molar-refractivity contribution in [3.8, 4) is 0 Å². The van der Waals surface area contributed by atoms with Crippen LogP contribution in [0.3, 0.4) is 0 Å². The van der Waals surface area contributed by atoms with Crippen LogP contribution in [0.5, 0.6) is 0 Å². The van der Waals surface area contributed by atoms with Crippen molar-refractivity contribution in [1.82, 2.24) is 9.55 Å². The van der Waals surface area contributed by atoms with Crippen LogP contribution in [0.2, 0.25) is 0 Å². The number of aliphatic imine (C=N–C) groups is 1. The molecule has 1 aliphatic carbocycles. The highest BCUT2D eigenvalue weighted by Crippen LogP contribution is 2.29. The van der Waals surface area contributed by atoms with Crippen LogP contribution in [-0.4, -0.2) is 21.8 Å². The molecule has 4 rings (SSSR count). The van der Waals surface area contributed by atoms with Gasteiger partial charge >= 0.3 is 0 Å². The molecule has 2 aromatic rings. The van der Waals surface area contributed by atoms with E-state index in [4.69, 9.17) is 0 Å². The molecule has 1 saturated carbocycles. The van der Waals surface area contributed by atoms with Crippen LogP contribution in [-0.2, 0) is 6.54 Å². The Morgan fingerprint density at radius 1 is 1.25 bits per heavy atom. The molecule has 1 fully saturated rings. The average Bonchev–Trinajstić information content (AvgIpc) is 2.98. The van der Waals surface area contributed by atoms with Gasteiger partial charge in [-0.15, -0.1) is 0 Å². The van der Waals surface area contributed by atoms with Crippen molar-refractivity contribution in [2.75, 3.05) is 6.54 Å². The van der Waals surface area contributed by atoms with Gasteiger partial charge in [-0.25, -0.2) is 4.39 Å². The minimum Gasteiger partial charge on any atom is -0.348 e. The fourth-order valence-electron chi connectivity index (χ4n) is 3.50. The Hall–Kier alpha value is -2.23. The van der Waals surface area contributed by atoms with Crippen LogP contribution in [0, 0.1) is 11.7 Å². The third kappa shape index (κ3) is 3.18. The van der Waals surface area contributed by atoms with Crippen LogP contribution < -0.4 is 0 Å². The SMILES string of the molecule is Fc1cncc(C2=NCCC/C2=C\c2cccn2CC2CCC2)c1. The third-order valence-corrected chi connectivity index (χ3v) is 5.02. The average molecular weight is 323 g/mol. The summed E-state index contributed by atoms with van der Waals surface area (Å²) in [5, 5.41) is 0. The highest BCUT2D eigenvalue weighted by molar-refractivity contribution is 6.15. The lowest BCUT2D eigenvalue weighted by molar-refractivity contribution is 0.276. The maximum atomic E-state index is 13.5. The molecule has 0 amide bonds. The molecule has 24 heavy (non-hydrogen) atoms. The minimum atomic E-state index is -0.312. The smallest absolute Gasteiger partial charge is 0.142 e. The molecule has 124 valence electrons. The second-order valence-corrected chi connectivity index (χ2v) is 6.78. The number of rotatable bonds is 4. The Morgan fingerprint density at radius 3 is 2.96 bits per heavy atom. The summed E-state index contributed by atoms with van der Waals surface area (Å²) in [6.07, 6.45) is 13.4. The zero-order valence-corrected chi connectivity index (χ0v) is 13.8. The first-order chi connectivity index (χ1) is 11.8. The molecule has 2 aliphatic rings. The minimum absolute atomic E-state index is 0.312. The molecule has 0 saturated heterocycles. The van der Waals surface area contributed by atoms with Crippen molar-refractivity contribution >= 4 is 11.8 Å². The van der Waals surface area contributed by atoms with Crippen LogP contribution in [0.15, 0.2) is 47.4 Å². The molecule has 4 heteroatoms. The zero-order chi connectivity index (χ0) is 16.4. The number of aromatic nitrogens is 2. The predicted octanol–water partition coefficient (Wildman–Crippen LogP) is 4.49. The second-order valence-electron chi connectivity index (χ2n) is 6.78. The van der Waals surface area contributed by atoms with E-state index in [1.54, 1.807) is 6.20 Å². The summed E-state index contributed by atoms with van der Waals surface area (Å²) in [4.78, 5) is 8.63. The summed E-state index contributed by atoms with van der Waals surface area (Å²) in [7, 11) is 0. The maximum Gasteiger partial charge on any atom is 0.142 e. The van der Waals surface area contributed by atoms with Gasteiger partial charge in [0.15, 0.2) is 0 Å². The van der Waals surface area contributed by atoms with Crippen molar-refractivity contribution in [3.05, 3.63) is 59.4 Å². The van der Waals surface area contributed by atoms with E-state index in [9.17, 15) is 4.39 Å². The van der Waals surface area contributed by atoms with Crippen LogP contribution in [0.4, 0.5) is 4.39 Å². The second kappa shape index (κ2) is 6.71. The van der Waals surface area contributed by atoms with Gasteiger partial charge in [-0.1, -0.05) is 6.42 Å². The topological polar surface area (TPSA) is 30.2 Å². The van der Waals surface area contributed by atoms with Gasteiger partial charge in [0.1, 0.15) is 5.82 Å². The maximum absolute atomic E-state index is 13.5. The first-order valence-corrected chi connectivity index (χ1v) is 8.81. The van der Waals surface area contributed by atoms with Gasteiger partial charge in [-0.3, -0.25) is 9.98 Å². The standard InChI is InChI=1S/C20H22FN3/c21-18-10-17(12-22-13-18)20-16(6-2-8-23-20)11-19-7-3-9-24(19)14-15-4-1-5-15/h3,7,9-13,15H,1-2,4-6,8,14H2/b16-11+. The molecule has 0 spiro atoms. The highest BCUT2D eigenvalue weighted by atomic mass is 19.1. The Morgan fingerprint density at radius 2 is 2.17 bits per heavy atom. The largest absolute Gasteiger partial charge is 0.348 e. The van der Waals surface area contributed by atoms with Gasteiger partial charge in [0.2, 0.25) is 0 Å². The van der Waals surface area contributed by atoms with E-state index in [1.807, 2.05) is 0 Å². The number of allylic oxidation sites excluding steroid dienone is 1. The Kier molecular flexibility index (Phi) is 4.28. The molecule has 3 nitrogen and oxygen atoms in total. The molecule has 0 bridgehead atoms. The molecule has 2 aromatic heterocycles. The molecule has 0 aromatic carbocycles. The molecule has 0 radical (unpaired) electrons. The van der Waals surface area contributed by atoms with E-state index in [-0.39, 0.29) is 5.82 Å². The van der Waals surface area contributed by atoms with Gasteiger partial charge in [0.05, 0.1) is 11.9 Å². The van der Waals surface area contributed by atoms with Crippen molar-refractivity contribution in [1.29, 1.82) is 0 Å². The Balaban J connectivity index is 1.64. The fraction of sp³-hybridized carbons (Fsp3) is 0.400. The quantitative estimate of drug-likeness (QED) is 0.815. The van der Waals surface area contributed by atoms with Crippen LogP contribution in [0.1, 0.15) is 43.4 Å². The molecular formula is C20H22FN3. The van der Waals surface area contributed by atoms with Gasteiger partial charge in [0, 0.05) is 36.7 Å². The van der Waals surface area contributed by atoms with Crippen molar-refractivity contribution in [3.63, 3.8) is 0 Å². The van der Waals surface area contributed by atoms with Crippen molar-refractivity contribution in [2.45, 2.75) is 38.6 Å². The number of halogens is 1. The predicted molar refractivity (Wildman–Crippen MR) is 94.6 cm³/mol. The normalized spacial score (nSPS) is 20.0. The zero-order valence-electron chi connectivity index (χ0n) is 13.8. The van der Waals surface area contributed by atoms with Gasteiger partial charge in [-0.2, -0.15) is 0 Å². The molecule has 0 atom stereocenters. The van der Waals surface area contributed by atoms with Crippen LogP contribution in [0.25, 0.3) is 6.08 Å². The lowest BCUT2D eigenvalue weighted by Crippen LogP contribution is -2.18. The van der Waals surface area contributed by atoms with Gasteiger partial charge in [0.25, 0.3) is 0 Å². The molecule has 0 unspecified atom stereocenters. The van der Waals surface area contributed by atoms with Crippen LogP contribution >= 0.6 is 0 Å². The van der Waals surface area contributed by atoms with E-state index in [0.717, 1.165) is 43.1 Å². The summed E-state index contributed by atoms with van der Waals surface area (Å²) in [6.45, 7) is 1.90. The van der Waals surface area contributed by atoms with Crippen molar-refractivity contribution < 1.29 is 4.39 Å². The Labute approximate surface area is 142 Å². The first-order valence-electron chi connectivity index (χ1n) is 8.81. The summed E-state index contributed by atoms with van der Waals surface area (Å²) in [5.41, 5.74) is 4.07. The molecular weight excluding hydrogens is 301 g/mol. The number of nitrogens with zero attached hydrogens (tertiary/aromatic N) is 3. The Bertz CT molecular complexity index is 784. The monoisotopic (exact) mass is 323 g/mol. The molecule has 1 aliphatic heterocycles. The van der Waals surface area contributed by atoms with Gasteiger partial charge < -0.3 is 4.57 Å². The van der Waals surface area contributed by atoms with E-state index in [0.29, 0.717) is 0 Å². The van der Waals surface area contributed by atoms with E-state index < -0.39 is 0 Å². The fourth-order valence-corrected chi connectivity index (χ4v) is 3.50. The summed E-state index contributed by atoms with van der Waals surface area (Å²) in [5.74, 6) is 0.509. The lowest BCUT2D eigenvalue weighted by Gasteiger charge is -2.26. The third-order valence-electron chi connectivity index (χ3n) is 5.02. The highest BCUT2D eigenvalue weighted by Gasteiger charge is 2.19. The summed E-state index contributed by atoms with van der Waals surface area (Å²) in [6, 6.07) is 5.79. The number of hydrogen-bond donors (Lipinski definition) is 0. The number of hydrogen-bond acceptors (Lipinski definition) is 2. The van der Waals surface area contributed by atoms with Crippen molar-refractivity contribution in [2.24, 2.45) is 10.9 Å².